The standard InChI is InChI=1S/C10H13N3O4/c1-11-10(14)6-12-8-4-3-7(17-2)5-9(8)13(15)16/h3-5,12H,6H2,1-2H3,(H,11,14). The first-order valence-corrected chi connectivity index (χ1v) is 4.85. The molecule has 0 radical (unpaired) electrons. The molecular weight excluding hydrogens is 226 g/mol. The lowest BCUT2D eigenvalue weighted by Gasteiger charge is -2.07. The molecule has 1 aromatic rings. The van der Waals surface area contributed by atoms with Crippen LogP contribution in [0.25, 0.3) is 0 Å². The van der Waals surface area contributed by atoms with E-state index in [9.17, 15) is 14.9 Å². The summed E-state index contributed by atoms with van der Waals surface area (Å²) in [6.45, 7) is -0.0241. The fourth-order valence-electron chi connectivity index (χ4n) is 1.20. The monoisotopic (exact) mass is 239 g/mol. The summed E-state index contributed by atoms with van der Waals surface area (Å²) < 4.78 is 4.90. The zero-order valence-electron chi connectivity index (χ0n) is 9.52. The lowest BCUT2D eigenvalue weighted by atomic mass is 10.2. The number of hydrogen-bond donors (Lipinski definition) is 2. The van der Waals surface area contributed by atoms with Crippen molar-refractivity contribution in [3.8, 4) is 5.75 Å². The molecule has 0 aliphatic carbocycles. The quantitative estimate of drug-likeness (QED) is 0.584. The largest absolute Gasteiger partial charge is 0.496 e. The molecule has 1 rings (SSSR count). The lowest BCUT2D eigenvalue weighted by Crippen LogP contribution is -2.26. The van der Waals surface area contributed by atoms with E-state index in [1.54, 1.807) is 6.07 Å². The van der Waals surface area contributed by atoms with Gasteiger partial charge in [0.05, 0.1) is 24.6 Å². The predicted octanol–water partition coefficient (Wildman–Crippen LogP) is 0.761. The summed E-state index contributed by atoms with van der Waals surface area (Å²) in [6, 6.07) is 4.38. The maximum atomic E-state index is 11.0. The van der Waals surface area contributed by atoms with E-state index in [1.807, 2.05) is 0 Å². The molecule has 0 bridgehead atoms. The van der Waals surface area contributed by atoms with Crippen molar-refractivity contribution < 1.29 is 14.5 Å². The number of nitro groups is 1. The third kappa shape index (κ3) is 3.33. The molecule has 0 heterocycles. The van der Waals surface area contributed by atoms with E-state index >= 15 is 0 Å². The van der Waals surface area contributed by atoms with E-state index in [0.717, 1.165) is 0 Å². The van der Waals surface area contributed by atoms with E-state index in [4.69, 9.17) is 4.74 Å². The van der Waals surface area contributed by atoms with Gasteiger partial charge in [-0.05, 0) is 12.1 Å². The second kappa shape index (κ2) is 5.69. The Morgan fingerprint density at radius 3 is 2.76 bits per heavy atom. The van der Waals surface area contributed by atoms with Gasteiger partial charge in [0.1, 0.15) is 11.4 Å². The highest BCUT2D eigenvalue weighted by Crippen LogP contribution is 2.28. The minimum atomic E-state index is -0.533. The molecule has 92 valence electrons. The molecule has 1 amide bonds. The van der Waals surface area contributed by atoms with Crippen molar-refractivity contribution in [2.24, 2.45) is 0 Å². The first kappa shape index (κ1) is 12.8. The summed E-state index contributed by atoms with van der Waals surface area (Å²) >= 11 is 0. The fraction of sp³-hybridized carbons (Fsp3) is 0.300. The van der Waals surface area contributed by atoms with Gasteiger partial charge in [-0.3, -0.25) is 14.9 Å². The molecule has 0 spiro atoms. The van der Waals surface area contributed by atoms with Crippen LogP contribution in [0.3, 0.4) is 0 Å². The van der Waals surface area contributed by atoms with E-state index < -0.39 is 4.92 Å². The van der Waals surface area contributed by atoms with Crippen LogP contribution in [0.2, 0.25) is 0 Å². The molecular formula is C10H13N3O4. The Balaban J connectivity index is 2.90. The Morgan fingerprint density at radius 1 is 1.53 bits per heavy atom. The molecule has 7 heteroatoms. The molecule has 0 saturated heterocycles. The van der Waals surface area contributed by atoms with Gasteiger partial charge >= 0.3 is 0 Å². The molecule has 2 N–H and O–H groups in total. The van der Waals surface area contributed by atoms with Crippen LogP contribution >= 0.6 is 0 Å². The number of anilines is 1. The average molecular weight is 239 g/mol. The summed E-state index contributed by atoms with van der Waals surface area (Å²) in [5, 5.41) is 15.9. The Hall–Kier alpha value is -2.31. The van der Waals surface area contributed by atoms with Crippen molar-refractivity contribution in [3.63, 3.8) is 0 Å². The zero-order chi connectivity index (χ0) is 12.8. The first-order valence-electron chi connectivity index (χ1n) is 4.85. The number of carbonyl (C=O) groups is 1. The normalized spacial score (nSPS) is 9.53. The zero-order valence-corrected chi connectivity index (χ0v) is 9.52. The molecule has 0 aromatic heterocycles. The highest BCUT2D eigenvalue weighted by atomic mass is 16.6. The fourth-order valence-corrected chi connectivity index (χ4v) is 1.20. The van der Waals surface area contributed by atoms with E-state index in [2.05, 4.69) is 10.6 Å². The van der Waals surface area contributed by atoms with Crippen molar-refractivity contribution in [1.82, 2.24) is 5.32 Å². The number of nitrogens with zero attached hydrogens (tertiary/aromatic N) is 1. The SMILES string of the molecule is CNC(=O)CNc1ccc(OC)cc1[N+](=O)[O-]. The smallest absolute Gasteiger partial charge is 0.296 e. The summed E-state index contributed by atoms with van der Waals surface area (Å²) in [6.07, 6.45) is 0. The average Bonchev–Trinajstić information content (AvgIpc) is 2.35. The van der Waals surface area contributed by atoms with Crippen LogP contribution in [0.1, 0.15) is 0 Å². The van der Waals surface area contributed by atoms with Crippen LogP contribution in [0, 0.1) is 10.1 Å². The van der Waals surface area contributed by atoms with E-state index in [0.29, 0.717) is 5.75 Å². The van der Waals surface area contributed by atoms with Gasteiger partial charge < -0.3 is 15.4 Å². The molecule has 0 aliphatic heterocycles. The molecule has 0 unspecified atom stereocenters. The van der Waals surface area contributed by atoms with Gasteiger partial charge in [-0.15, -0.1) is 0 Å². The number of hydrogen-bond acceptors (Lipinski definition) is 5. The molecule has 0 saturated carbocycles. The number of ether oxygens (including phenoxy) is 1. The molecule has 1 aromatic carbocycles. The summed E-state index contributed by atoms with van der Waals surface area (Å²) in [5.74, 6) is 0.136. The second-order valence-corrected chi connectivity index (χ2v) is 3.17. The first-order chi connectivity index (χ1) is 8.08. The summed E-state index contributed by atoms with van der Waals surface area (Å²) in [4.78, 5) is 21.3. The lowest BCUT2D eigenvalue weighted by molar-refractivity contribution is -0.384. The van der Waals surface area contributed by atoms with Crippen molar-refractivity contribution in [3.05, 3.63) is 28.3 Å². The van der Waals surface area contributed by atoms with Crippen LogP contribution in [0.5, 0.6) is 5.75 Å². The van der Waals surface area contributed by atoms with Gasteiger partial charge in [0.25, 0.3) is 5.69 Å². The number of benzene rings is 1. The highest BCUT2D eigenvalue weighted by Gasteiger charge is 2.15. The summed E-state index contributed by atoms with van der Waals surface area (Å²) in [5.41, 5.74) is 0.146. The van der Waals surface area contributed by atoms with Crippen LogP contribution < -0.4 is 15.4 Å². The summed E-state index contributed by atoms with van der Waals surface area (Å²) in [7, 11) is 2.92. The second-order valence-electron chi connectivity index (χ2n) is 3.17. The minimum Gasteiger partial charge on any atom is -0.496 e. The Morgan fingerprint density at radius 2 is 2.24 bits per heavy atom. The number of amides is 1. The Kier molecular flexibility index (Phi) is 4.27. The molecule has 7 nitrogen and oxygen atoms in total. The van der Waals surface area contributed by atoms with Gasteiger partial charge in [0.2, 0.25) is 5.91 Å². The minimum absolute atomic E-state index is 0.0241. The van der Waals surface area contributed by atoms with Gasteiger partial charge in [-0.25, -0.2) is 0 Å². The van der Waals surface area contributed by atoms with E-state index in [-0.39, 0.29) is 23.8 Å². The number of methoxy groups -OCH3 is 1. The number of carbonyl (C=O) groups excluding carboxylic acids is 1. The maximum absolute atomic E-state index is 11.0. The topological polar surface area (TPSA) is 93.5 Å². The molecule has 0 atom stereocenters. The predicted molar refractivity (Wildman–Crippen MR) is 62.2 cm³/mol. The number of likely N-dealkylation sites (N-methyl/N-ethyl adjacent to an activating group) is 1. The van der Waals surface area contributed by atoms with Crippen molar-refractivity contribution in [1.29, 1.82) is 0 Å². The van der Waals surface area contributed by atoms with E-state index in [1.165, 1.54) is 26.3 Å². The maximum Gasteiger partial charge on any atom is 0.296 e. The van der Waals surface area contributed by atoms with Crippen molar-refractivity contribution in [2.75, 3.05) is 26.0 Å². The Labute approximate surface area is 97.9 Å². The number of nitrogens with one attached hydrogen (secondary N) is 2. The van der Waals surface area contributed by atoms with Gasteiger partial charge in [0.15, 0.2) is 0 Å². The molecule has 0 fully saturated rings. The molecule has 0 aliphatic rings. The Bertz CT molecular complexity index is 434. The van der Waals surface area contributed by atoms with Gasteiger partial charge in [0, 0.05) is 7.05 Å². The number of nitro benzene ring substituents is 1. The highest BCUT2D eigenvalue weighted by molar-refractivity contribution is 5.81. The van der Waals surface area contributed by atoms with Crippen molar-refractivity contribution >= 4 is 17.3 Å². The van der Waals surface area contributed by atoms with Crippen molar-refractivity contribution in [2.45, 2.75) is 0 Å². The number of rotatable bonds is 5. The van der Waals surface area contributed by atoms with Gasteiger partial charge in [-0.1, -0.05) is 0 Å². The third-order valence-electron chi connectivity index (χ3n) is 2.12. The van der Waals surface area contributed by atoms with Gasteiger partial charge in [-0.2, -0.15) is 0 Å². The van der Waals surface area contributed by atoms with Crippen LogP contribution in [-0.2, 0) is 4.79 Å². The van der Waals surface area contributed by atoms with Crippen LogP contribution in [0.4, 0.5) is 11.4 Å². The van der Waals surface area contributed by atoms with Crippen LogP contribution in [-0.4, -0.2) is 31.5 Å². The van der Waals surface area contributed by atoms with Crippen LogP contribution in [0.15, 0.2) is 18.2 Å². The third-order valence-corrected chi connectivity index (χ3v) is 2.12. The molecule has 17 heavy (non-hydrogen) atoms.